The number of rotatable bonds is 16. The molecular weight excluding hydrogens is 855 g/mol. The third-order valence-corrected chi connectivity index (χ3v) is 12.1. The molecular formula is C26H38Cl2K3N7O10S3. The van der Waals surface area contributed by atoms with Gasteiger partial charge in [-0.3, -0.25) is 4.79 Å². The molecule has 2 aliphatic carbocycles. The fourth-order valence-corrected chi connectivity index (χ4v) is 9.49. The van der Waals surface area contributed by atoms with Gasteiger partial charge in [0, 0.05) is 24.5 Å². The molecule has 1 aromatic heterocycles. The maximum absolute atomic E-state index is 12.2. The number of amides is 1. The molecule has 5 atom stereocenters. The molecule has 2 aliphatic rings. The second-order valence-corrected chi connectivity index (χ2v) is 17.9. The van der Waals surface area contributed by atoms with Crippen LogP contribution in [0, 0.1) is 11.3 Å². The topological polar surface area (TPSA) is 270 Å². The Labute approximate surface area is 437 Å². The summed E-state index contributed by atoms with van der Waals surface area (Å²) in [5, 5.41) is 22.5. The Morgan fingerprint density at radius 1 is 0.961 bits per heavy atom. The average molecular weight is 893 g/mol. The van der Waals surface area contributed by atoms with Crippen LogP contribution in [0.1, 0.15) is 76.3 Å². The molecule has 0 spiro atoms. The van der Waals surface area contributed by atoms with Crippen molar-refractivity contribution >= 4 is 65.3 Å². The van der Waals surface area contributed by atoms with Gasteiger partial charge in [-0.2, -0.15) is 15.5 Å². The number of alkyl halides is 2. The number of azo groups is 1. The van der Waals surface area contributed by atoms with Crippen LogP contribution < -0.4 is 159 Å². The van der Waals surface area contributed by atoms with Gasteiger partial charge in [-0.25, -0.2) is 29.9 Å². The molecule has 0 aliphatic heterocycles. The van der Waals surface area contributed by atoms with Crippen molar-refractivity contribution in [2.24, 2.45) is 10.2 Å². The number of carbonyl (C=O) groups excluding carboxylic acids is 1. The van der Waals surface area contributed by atoms with Crippen molar-refractivity contribution in [1.82, 2.24) is 20.0 Å². The summed E-state index contributed by atoms with van der Waals surface area (Å²) in [5.74, 6) is -1.36. The molecule has 2 saturated carbocycles. The Balaban J connectivity index is 0.00000833. The fourth-order valence-electron chi connectivity index (χ4n) is 6.21. The number of hydrogen-bond acceptors (Lipinski definition) is 15. The third kappa shape index (κ3) is 18.6. The van der Waals surface area contributed by atoms with Crippen LogP contribution in [0.25, 0.3) is 0 Å². The summed E-state index contributed by atoms with van der Waals surface area (Å²) in [4.78, 5) is 14.2. The van der Waals surface area contributed by atoms with Crippen molar-refractivity contribution in [2.45, 2.75) is 105 Å². The molecule has 272 valence electrons. The summed E-state index contributed by atoms with van der Waals surface area (Å²) in [5.41, 5.74) is 0.0428. The molecule has 0 saturated heterocycles. The van der Waals surface area contributed by atoms with Gasteiger partial charge in [0.1, 0.15) is 11.6 Å². The first kappa shape index (κ1) is 53.9. The molecule has 17 nitrogen and oxygen atoms in total. The van der Waals surface area contributed by atoms with Crippen molar-refractivity contribution in [1.29, 1.82) is 5.26 Å². The first-order chi connectivity index (χ1) is 22.3. The Morgan fingerprint density at radius 3 is 1.94 bits per heavy atom. The minimum Gasteiger partial charge on any atom is -0.748 e. The number of nitrogens with zero attached hydrogens (tertiary/aromatic N) is 6. The Morgan fingerprint density at radius 2 is 1.49 bits per heavy atom. The number of halogens is 2. The predicted octanol–water partition coefficient (Wildman–Crippen LogP) is -7.31. The van der Waals surface area contributed by atoms with E-state index < -0.39 is 76.0 Å². The Hall–Kier alpha value is 2.95. The van der Waals surface area contributed by atoms with Crippen LogP contribution in [0.2, 0.25) is 0 Å². The molecule has 1 aromatic rings. The minimum absolute atomic E-state index is 0. The van der Waals surface area contributed by atoms with Crippen LogP contribution in [0.5, 0.6) is 0 Å². The molecule has 0 bridgehead atoms. The number of aromatic nitrogens is 2. The quantitative estimate of drug-likeness (QED) is 0.0532. The Bertz CT molecular complexity index is 1630. The van der Waals surface area contributed by atoms with E-state index >= 15 is 0 Å². The van der Waals surface area contributed by atoms with Crippen LogP contribution in [0.3, 0.4) is 0 Å². The predicted molar refractivity (Wildman–Crippen MR) is 171 cm³/mol. The van der Waals surface area contributed by atoms with Gasteiger partial charge in [0.25, 0.3) is 0 Å². The third-order valence-electron chi connectivity index (χ3n) is 8.47. The maximum Gasteiger partial charge on any atom is 1.00 e. The SMILES string of the molecule is CC(=O)NC1CC(N(CCCCS(=O)(=O)[O-])CCCCS(=O)(=O)[O-])CCC1N=Nc1c(C#N)cnn1C1C(Cl)CC(S(=O)(=O)[O-])CC1Cl.[K+].[K+].[K+]. The number of nitriles is 1. The van der Waals surface area contributed by atoms with Crippen molar-refractivity contribution in [2.75, 3.05) is 24.6 Å². The molecule has 0 radical (unpaired) electrons. The summed E-state index contributed by atoms with van der Waals surface area (Å²) in [7, 11) is -13.4. The van der Waals surface area contributed by atoms with Gasteiger partial charge in [-0.1, -0.05) is 0 Å². The minimum atomic E-state index is -4.64. The molecule has 1 amide bonds. The molecule has 5 unspecified atom stereocenters. The number of carbonyl (C=O) groups is 1. The van der Waals surface area contributed by atoms with Gasteiger partial charge in [-0.05, 0) is 70.9 Å². The molecule has 3 rings (SSSR count). The summed E-state index contributed by atoms with van der Waals surface area (Å²) in [6, 6.07) is -0.0732. The van der Waals surface area contributed by atoms with E-state index in [0.29, 0.717) is 45.2 Å². The zero-order valence-corrected chi connectivity index (χ0v) is 42.4. The maximum atomic E-state index is 12.2. The van der Waals surface area contributed by atoms with E-state index in [4.69, 9.17) is 23.2 Å². The largest absolute Gasteiger partial charge is 1.00 e. The number of hydrogen-bond donors (Lipinski definition) is 1. The average Bonchev–Trinajstić information content (AvgIpc) is 3.35. The first-order valence-corrected chi connectivity index (χ1v) is 20.8. The zero-order chi connectivity index (χ0) is 35.9. The van der Waals surface area contributed by atoms with E-state index in [1.165, 1.54) is 17.8 Å². The van der Waals surface area contributed by atoms with Crippen molar-refractivity contribution in [3.63, 3.8) is 0 Å². The zero-order valence-electron chi connectivity index (χ0n) is 29.1. The van der Waals surface area contributed by atoms with E-state index in [2.05, 4.69) is 20.6 Å². The summed E-state index contributed by atoms with van der Waals surface area (Å²) < 4.78 is 103. The normalized spacial score (nSPS) is 25.6. The van der Waals surface area contributed by atoms with E-state index in [1.54, 1.807) is 0 Å². The van der Waals surface area contributed by atoms with Crippen molar-refractivity contribution < 1.29 is 198 Å². The molecule has 51 heavy (non-hydrogen) atoms. The van der Waals surface area contributed by atoms with Gasteiger partial charge < -0.3 is 23.9 Å². The number of nitrogens with one attached hydrogen (secondary N) is 1. The number of unbranched alkanes of at least 4 members (excludes halogenated alkanes) is 2. The molecule has 25 heteroatoms. The van der Waals surface area contributed by atoms with Gasteiger partial charge >= 0.3 is 154 Å². The van der Waals surface area contributed by atoms with E-state index in [-0.39, 0.29) is 203 Å². The molecule has 1 N–H and O–H groups in total. The smallest absolute Gasteiger partial charge is 0.748 e. The van der Waals surface area contributed by atoms with Crippen LogP contribution in [-0.4, -0.2) is 118 Å². The molecule has 0 aromatic carbocycles. The summed E-state index contributed by atoms with van der Waals surface area (Å²) in [6.07, 6.45) is 3.24. The summed E-state index contributed by atoms with van der Waals surface area (Å²) >= 11 is 13.0. The molecule has 2 fully saturated rings. The van der Waals surface area contributed by atoms with Crippen LogP contribution in [0.15, 0.2) is 16.4 Å². The van der Waals surface area contributed by atoms with Crippen molar-refractivity contribution in [3.05, 3.63) is 11.8 Å². The van der Waals surface area contributed by atoms with Gasteiger partial charge in [0.15, 0.2) is 5.82 Å². The van der Waals surface area contributed by atoms with Crippen LogP contribution in [0.4, 0.5) is 5.82 Å². The van der Waals surface area contributed by atoms with Gasteiger partial charge in [0.05, 0.1) is 70.7 Å². The second-order valence-electron chi connectivity index (χ2n) is 12.1. The summed E-state index contributed by atoms with van der Waals surface area (Å²) in [6.45, 7) is 2.12. The van der Waals surface area contributed by atoms with Crippen LogP contribution >= 0.6 is 23.2 Å². The van der Waals surface area contributed by atoms with E-state index in [9.17, 15) is 49.0 Å². The fraction of sp³-hybridized carbons (Fsp3) is 0.808. The van der Waals surface area contributed by atoms with Gasteiger partial charge in [-0.15, -0.1) is 28.3 Å². The van der Waals surface area contributed by atoms with Crippen molar-refractivity contribution in [3.8, 4) is 6.07 Å². The first-order valence-electron chi connectivity index (χ1n) is 15.3. The molecule has 1 heterocycles. The van der Waals surface area contributed by atoms with E-state index in [0.717, 1.165) is 0 Å². The van der Waals surface area contributed by atoms with Gasteiger partial charge in [0.2, 0.25) is 5.91 Å². The standard InChI is InChI=1S/C26H41Cl2N7O10S3.3K/c1-17(36)31-24-12-19(34(8-2-4-10-46(37,38)39)9-3-5-11-47(40,41)42)6-7-23(24)32-33-26-18(15-29)16-30-35(26)25-21(27)13-20(14-22(25)28)48(43,44)45;;;/h16,19-25H,2-14H2,1H3,(H,31,36)(H,37,38,39)(H,40,41,42)(H,43,44,45);;;/q;3*+1/p-3. The monoisotopic (exact) mass is 891 g/mol. The second kappa shape index (κ2) is 24.8. The van der Waals surface area contributed by atoms with Crippen LogP contribution in [-0.2, 0) is 35.1 Å². The van der Waals surface area contributed by atoms with E-state index in [1.807, 2.05) is 11.0 Å². The Kier molecular flexibility index (Phi) is 26.2.